The summed E-state index contributed by atoms with van der Waals surface area (Å²) in [4.78, 5) is 21.8. The van der Waals surface area contributed by atoms with Gasteiger partial charge < -0.3 is 10.5 Å². The first-order valence-corrected chi connectivity index (χ1v) is 4.61. The molecular weight excluding hydrogens is 194 g/mol. The maximum Gasteiger partial charge on any atom is 0.289 e. The van der Waals surface area contributed by atoms with Gasteiger partial charge in [0, 0.05) is 5.56 Å². The Morgan fingerprint density at radius 1 is 1.20 bits per heavy atom. The van der Waals surface area contributed by atoms with Crippen molar-refractivity contribution < 1.29 is 14.3 Å². The zero-order chi connectivity index (χ0) is 11.4. The molecule has 1 aromatic carbocycles. The molecule has 0 heterocycles. The van der Waals surface area contributed by atoms with Crippen LogP contribution >= 0.6 is 0 Å². The number of amides is 1. The zero-order valence-corrected chi connectivity index (χ0v) is 8.69. The highest BCUT2D eigenvalue weighted by Crippen LogP contribution is 2.13. The van der Waals surface area contributed by atoms with E-state index in [4.69, 9.17) is 10.5 Å². The van der Waals surface area contributed by atoms with Crippen LogP contribution in [0.2, 0.25) is 0 Å². The van der Waals surface area contributed by atoms with Crippen LogP contribution in [-0.2, 0) is 4.79 Å². The first kappa shape index (κ1) is 11.2. The second kappa shape index (κ2) is 4.59. The van der Waals surface area contributed by atoms with Crippen molar-refractivity contribution in [3.05, 3.63) is 29.8 Å². The Bertz CT molecular complexity index is 368. The van der Waals surface area contributed by atoms with Gasteiger partial charge in [0.2, 0.25) is 5.78 Å². The van der Waals surface area contributed by atoms with Gasteiger partial charge in [0.15, 0.2) is 0 Å². The Labute approximate surface area is 88.0 Å². The number of Topliss-reactive ketones (excluding diaryl/α,β-unsaturated/α-hetero) is 1. The average Bonchev–Trinajstić information content (AvgIpc) is 2.17. The van der Waals surface area contributed by atoms with Crippen molar-refractivity contribution in [3.63, 3.8) is 0 Å². The minimum Gasteiger partial charge on any atom is -0.491 e. The van der Waals surface area contributed by atoms with E-state index in [0.717, 1.165) is 0 Å². The minimum absolute atomic E-state index is 0.0719. The van der Waals surface area contributed by atoms with Crippen molar-refractivity contribution in [3.8, 4) is 5.75 Å². The molecule has 0 aliphatic carbocycles. The summed E-state index contributed by atoms with van der Waals surface area (Å²) in [7, 11) is 0. The Balaban J connectivity index is 2.81. The second-order valence-corrected chi connectivity index (χ2v) is 3.38. The molecule has 4 heteroatoms. The highest BCUT2D eigenvalue weighted by Gasteiger charge is 2.11. The van der Waals surface area contributed by atoms with Gasteiger partial charge >= 0.3 is 0 Å². The molecule has 80 valence electrons. The van der Waals surface area contributed by atoms with Gasteiger partial charge in [-0.3, -0.25) is 9.59 Å². The van der Waals surface area contributed by atoms with E-state index in [1.165, 1.54) is 12.1 Å². The summed E-state index contributed by atoms with van der Waals surface area (Å²) in [6, 6.07) is 6.31. The average molecular weight is 207 g/mol. The quantitative estimate of drug-likeness (QED) is 0.594. The molecule has 2 N–H and O–H groups in total. The fraction of sp³-hybridized carbons (Fsp3) is 0.273. The molecule has 15 heavy (non-hydrogen) atoms. The summed E-state index contributed by atoms with van der Waals surface area (Å²) >= 11 is 0. The number of hydrogen-bond acceptors (Lipinski definition) is 3. The van der Waals surface area contributed by atoms with E-state index in [0.29, 0.717) is 5.75 Å². The maximum atomic E-state index is 11.2. The second-order valence-electron chi connectivity index (χ2n) is 3.38. The smallest absolute Gasteiger partial charge is 0.289 e. The molecule has 0 spiro atoms. The molecule has 1 rings (SSSR count). The van der Waals surface area contributed by atoms with Crippen LogP contribution < -0.4 is 10.5 Å². The molecule has 0 aliphatic rings. The summed E-state index contributed by atoms with van der Waals surface area (Å²) in [5, 5.41) is 0. The fourth-order valence-corrected chi connectivity index (χ4v) is 1.10. The number of carbonyl (C=O) groups excluding carboxylic acids is 2. The number of rotatable bonds is 4. The van der Waals surface area contributed by atoms with E-state index in [-0.39, 0.29) is 11.7 Å². The van der Waals surface area contributed by atoms with Crippen LogP contribution in [0.4, 0.5) is 0 Å². The summed E-state index contributed by atoms with van der Waals surface area (Å²) in [6.07, 6.45) is 0.0719. The number of hydrogen-bond donors (Lipinski definition) is 1. The van der Waals surface area contributed by atoms with Gasteiger partial charge in [-0.2, -0.15) is 0 Å². The molecule has 0 radical (unpaired) electrons. The van der Waals surface area contributed by atoms with Crippen LogP contribution in [0.25, 0.3) is 0 Å². The third kappa shape index (κ3) is 3.09. The lowest BCUT2D eigenvalue weighted by atomic mass is 10.1. The molecule has 0 bridgehead atoms. The molecular formula is C11H13NO3. The first-order valence-electron chi connectivity index (χ1n) is 4.61. The van der Waals surface area contributed by atoms with E-state index in [1.807, 2.05) is 13.8 Å². The van der Waals surface area contributed by atoms with Crippen LogP contribution in [0, 0.1) is 0 Å². The first-order chi connectivity index (χ1) is 7.00. The topological polar surface area (TPSA) is 69.4 Å². The predicted octanol–water partition coefficient (Wildman–Crippen LogP) is 1.14. The Morgan fingerprint density at radius 2 is 1.73 bits per heavy atom. The third-order valence-corrected chi connectivity index (χ3v) is 1.71. The number of nitrogens with two attached hydrogens (primary N) is 1. The van der Waals surface area contributed by atoms with Crippen LogP contribution in [0.15, 0.2) is 24.3 Å². The summed E-state index contributed by atoms with van der Waals surface area (Å²) in [5.41, 5.74) is 5.14. The number of carbonyl (C=O) groups is 2. The van der Waals surface area contributed by atoms with Gasteiger partial charge in [0.25, 0.3) is 5.91 Å². The summed E-state index contributed by atoms with van der Waals surface area (Å²) < 4.78 is 5.38. The van der Waals surface area contributed by atoms with Crippen LogP contribution in [0.3, 0.4) is 0 Å². The lowest BCUT2D eigenvalue weighted by Gasteiger charge is -2.09. The van der Waals surface area contributed by atoms with E-state index < -0.39 is 11.7 Å². The molecule has 0 fully saturated rings. The molecule has 1 amide bonds. The molecule has 0 aliphatic heterocycles. The fourth-order valence-electron chi connectivity index (χ4n) is 1.10. The summed E-state index contributed by atoms with van der Waals surface area (Å²) in [5.74, 6) is -0.982. The molecule has 0 saturated heterocycles. The number of ether oxygens (including phenoxy) is 1. The Kier molecular flexibility index (Phi) is 3.44. The van der Waals surface area contributed by atoms with Crippen molar-refractivity contribution >= 4 is 11.7 Å². The predicted molar refractivity (Wildman–Crippen MR) is 55.7 cm³/mol. The highest BCUT2D eigenvalue weighted by atomic mass is 16.5. The lowest BCUT2D eigenvalue weighted by molar-refractivity contribution is -0.114. The highest BCUT2D eigenvalue weighted by molar-refractivity contribution is 6.42. The summed E-state index contributed by atoms with van der Waals surface area (Å²) in [6.45, 7) is 3.81. The molecule has 0 atom stereocenters. The van der Waals surface area contributed by atoms with Crippen molar-refractivity contribution in [1.82, 2.24) is 0 Å². The minimum atomic E-state index is -0.951. The standard InChI is InChI=1S/C11H13NO3/c1-7(2)15-9-5-3-8(4-6-9)10(13)11(12)14/h3-7H,1-2H3,(H2,12,14). The van der Waals surface area contributed by atoms with Crippen LogP contribution in [0.5, 0.6) is 5.75 Å². The molecule has 0 aromatic heterocycles. The number of benzene rings is 1. The SMILES string of the molecule is CC(C)Oc1ccc(C(=O)C(N)=O)cc1. The van der Waals surface area contributed by atoms with E-state index >= 15 is 0 Å². The van der Waals surface area contributed by atoms with Gasteiger partial charge in [-0.1, -0.05) is 0 Å². The van der Waals surface area contributed by atoms with Crippen molar-refractivity contribution in [2.45, 2.75) is 20.0 Å². The van der Waals surface area contributed by atoms with Crippen LogP contribution in [-0.4, -0.2) is 17.8 Å². The Morgan fingerprint density at radius 3 is 2.13 bits per heavy atom. The van der Waals surface area contributed by atoms with Gasteiger partial charge in [-0.05, 0) is 38.1 Å². The normalized spacial score (nSPS) is 10.1. The maximum absolute atomic E-state index is 11.2. The molecule has 1 aromatic rings. The van der Waals surface area contributed by atoms with Crippen molar-refractivity contribution in [1.29, 1.82) is 0 Å². The van der Waals surface area contributed by atoms with Gasteiger partial charge in [0.05, 0.1) is 6.10 Å². The van der Waals surface area contributed by atoms with Crippen molar-refractivity contribution in [2.24, 2.45) is 5.73 Å². The van der Waals surface area contributed by atoms with Crippen molar-refractivity contribution in [2.75, 3.05) is 0 Å². The zero-order valence-electron chi connectivity index (χ0n) is 8.69. The molecule has 0 unspecified atom stereocenters. The van der Waals surface area contributed by atoms with Gasteiger partial charge in [-0.25, -0.2) is 0 Å². The Hall–Kier alpha value is -1.84. The number of ketones is 1. The largest absolute Gasteiger partial charge is 0.491 e. The van der Waals surface area contributed by atoms with E-state index in [1.54, 1.807) is 12.1 Å². The molecule has 0 saturated carbocycles. The van der Waals surface area contributed by atoms with E-state index in [2.05, 4.69) is 0 Å². The lowest BCUT2D eigenvalue weighted by Crippen LogP contribution is -2.22. The van der Waals surface area contributed by atoms with E-state index in [9.17, 15) is 9.59 Å². The molecule has 4 nitrogen and oxygen atoms in total. The monoisotopic (exact) mass is 207 g/mol. The third-order valence-electron chi connectivity index (χ3n) is 1.71. The van der Waals surface area contributed by atoms with Crippen LogP contribution in [0.1, 0.15) is 24.2 Å². The van der Waals surface area contributed by atoms with Gasteiger partial charge in [0.1, 0.15) is 5.75 Å². The number of primary amides is 1. The van der Waals surface area contributed by atoms with Gasteiger partial charge in [-0.15, -0.1) is 0 Å².